The molecule has 0 aromatic heterocycles. The number of aliphatic hydroxyl groups is 1. The van der Waals surface area contributed by atoms with Crippen molar-refractivity contribution in [2.75, 3.05) is 13.2 Å². The molecule has 0 radical (unpaired) electrons. The third-order valence-electron chi connectivity index (χ3n) is 3.07. The quantitative estimate of drug-likeness (QED) is 0.463. The summed E-state index contributed by atoms with van der Waals surface area (Å²) in [7, 11) is 0. The van der Waals surface area contributed by atoms with Crippen molar-refractivity contribution in [1.29, 1.82) is 0 Å². The first kappa shape index (κ1) is 12.9. The molecule has 0 bridgehead atoms. The largest absolute Gasteiger partial charge is 0.599 e. The summed E-state index contributed by atoms with van der Waals surface area (Å²) in [4.78, 5) is 5.23. The van der Waals surface area contributed by atoms with Gasteiger partial charge in [0.15, 0.2) is 0 Å². The normalized spacial score (nSPS) is 22.4. The molecule has 0 spiro atoms. The van der Waals surface area contributed by atoms with Crippen LogP contribution in [0.1, 0.15) is 46.0 Å². The zero-order valence-corrected chi connectivity index (χ0v) is 9.79. The Bertz CT molecular complexity index is 183. The van der Waals surface area contributed by atoms with Crippen molar-refractivity contribution in [3.8, 4) is 0 Å². The van der Waals surface area contributed by atoms with Crippen LogP contribution in [0.4, 0.5) is 0 Å². The van der Waals surface area contributed by atoms with Crippen LogP contribution in [0.3, 0.4) is 0 Å². The molecule has 1 aliphatic rings. The molecule has 2 N–H and O–H groups in total. The van der Waals surface area contributed by atoms with E-state index in [4.69, 9.17) is 9.94 Å². The smallest absolute Gasteiger partial charge is 0.128 e. The molecule has 0 saturated heterocycles. The predicted octanol–water partition coefficient (Wildman–Crippen LogP) is 0.652. The van der Waals surface area contributed by atoms with Gasteiger partial charge >= 0.3 is 0 Å². The summed E-state index contributed by atoms with van der Waals surface area (Å²) < 4.78 is 0. The zero-order chi connectivity index (χ0) is 11.3. The SMILES string of the molecule is CCCCO[NH+]([O-])C1(C[C@@H](C)CO)CC1. The van der Waals surface area contributed by atoms with Crippen LogP contribution >= 0.6 is 0 Å². The molecule has 1 rings (SSSR count). The Morgan fingerprint density at radius 3 is 2.67 bits per heavy atom. The van der Waals surface area contributed by atoms with Crippen LogP contribution in [0.5, 0.6) is 0 Å². The lowest BCUT2D eigenvalue weighted by Gasteiger charge is -2.30. The number of aliphatic hydroxyl groups excluding tert-OH is 1. The first-order valence-electron chi connectivity index (χ1n) is 5.92. The van der Waals surface area contributed by atoms with E-state index in [9.17, 15) is 5.21 Å². The van der Waals surface area contributed by atoms with Gasteiger partial charge < -0.3 is 10.3 Å². The van der Waals surface area contributed by atoms with Gasteiger partial charge in [-0.15, -0.1) is 0 Å². The van der Waals surface area contributed by atoms with Gasteiger partial charge in [-0.05, 0) is 12.3 Å². The minimum Gasteiger partial charge on any atom is -0.599 e. The van der Waals surface area contributed by atoms with E-state index in [-0.39, 0.29) is 23.3 Å². The summed E-state index contributed by atoms with van der Waals surface area (Å²) in [6.45, 7) is 4.75. The fourth-order valence-electron chi connectivity index (χ4n) is 1.84. The maximum atomic E-state index is 11.7. The second-order valence-electron chi connectivity index (χ2n) is 4.76. The minimum atomic E-state index is -0.240. The van der Waals surface area contributed by atoms with E-state index in [2.05, 4.69) is 6.92 Å². The Labute approximate surface area is 91.8 Å². The lowest BCUT2D eigenvalue weighted by atomic mass is 10.0. The van der Waals surface area contributed by atoms with Crippen LogP contribution in [-0.4, -0.2) is 23.9 Å². The van der Waals surface area contributed by atoms with Crippen molar-refractivity contribution >= 4 is 0 Å². The van der Waals surface area contributed by atoms with E-state index >= 15 is 0 Å². The van der Waals surface area contributed by atoms with E-state index in [1.807, 2.05) is 6.92 Å². The van der Waals surface area contributed by atoms with Gasteiger partial charge in [-0.25, -0.2) is 10.1 Å². The summed E-state index contributed by atoms with van der Waals surface area (Å²) in [6, 6.07) is 0. The Balaban J connectivity index is 2.27. The average molecular weight is 217 g/mol. The van der Waals surface area contributed by atoms with E-state index in [1.54, 1.807) is 0 Å². The molecule has 4 heteroatoms. The Kier molecular flexibility index (Phi) is 4.99. The van der Waals surface area contributed by atoms with Crippen LogP contribution in [-0.2, 0) is 4.84 Å². The lowest BCUT2D eigenvalue weighted by molar-refractivity contribution is -1.08. The van der Waals surface area contributed by atoms with Gasteiger partial charge in [0.25, 0.3) is 0 Å². The molecule has 0 aromatic carbocycles. The molecule has 0 aromatic rings. The zero-order valence-electron chi connectivity index (χ0n) is 9.79. The third kappa shape index (κ3) is 3.72. The highest BCUT2D eigenvalue weighted by molar-refractivity contribution is 4.94. The molecule has 1 aliphatic carbocycles. The number of hydrogen-bond acceptors (Lipinski definition) is 3. The van der Waals surface area contributed by atoms with Gasteiger partial charge in [0, 0.05) is 25.9 Å². The second kappa shape index (κ2) is 5.80. The van der Waals surface area contributed by atoms with Gasteiger partial charge in [0.05, 0.1) is 0 Å². The molecule has 2 atom stereocenters. The standard InChI is InChI=1S/C11H23NO3/c1-3-4-7-15-12(14)11(5-6-11)8-10(2)9-13/h10,12-13H,3-9H2,1-2H3/t10-/m1/s1. The topological polar surface area (TPSA) is 57.0 Å². The van der Waals surface area contributed by atoms with Gasteiger partial charge in [-0.1, -0.05) is 20.3 Å². The maximum absolute atomic E-state index is 11.7. The summed E-state index contributed by atoms with van der Waals surface area (Å²) in [5.74, 6) is 0.200. The fraction of sp³-hybridized carbons (Fsp3) is 1.00. The van der Waals surface area contributed by atoms with Crippen LogP contribution in [0.15, 0.2) is 0 Å². The minimum absolute atomic E-state index is 0.0451. The third-order valence-corrected chi connectivity index (χ3v) is 3.07. The monoisotopic (exact) mass is 217 g/mol. The van der Waals surface area contributed by atoms with Crippen molar-refractivity contribution in [1.82, 2.24) is 0 Å². The highest BCUT2D eigenvalue weighted by Gasteiger charge is 2.51. The maximum Gasteiger partial charge on any atom is 0.128 e. The number of hydrogen-bond donors (Lipinski definition) is 2. The summed E-state index contributed by atoms with van der Waals surface area (Å²) >= 11 is 0. The highest BCUT2D eigenvalue weighted by Crippen LogP contribution is 2.37. The first-order chi connectivity index (χ1) is 7.14. The van der Waals surface area contributed by atoms with Crippen molar-refractivity contribution in [3.05, 3.63) is 5.21 Å². The Morgan fingerprint density at radius 1 is 1.53 bits per heavy atom. The summed E-state index contributed by atoms with van der Waals surface area (Å²) in [5, 5.41) is 20.7. The van der Waals surface area contributed by atoms with Crippen molar-refractivity contribution in [3.63, 3.8) is 0 Å². The molecule has 4 nitrogen and oxygen atoms in total. The van der Waals surface area contributed by atoms with Gasteiger partial charge in [-0.3, -0.25) is 0 Å². The van der Waals surface area contributed by atoms with Crippen LogP contribution in [0.25, 0.3) is 0 Å². The molecule has 1 fully saturated rings. The Hall–Kier alpha value is -0.160. The number of quaternary nitrogens is 1. The molecular formula is C11H23NO3. The highest BCUT2D eigenvalue weighted by atomic mass is 16.9. The van der Waals surface area contributed by atoms with Crippen molar-refractivity contribution < 1.29 is 15.2 Å². The van der Waals surface area contributed by atoms with Crippen LogP contribution < -0.4 is 5.23 Å². The Morgan fingerprint density at radius 2 is 2.20 bits per heavy atom. The van der Waals surface area contributed by atoms with Crippen molar-refractivity contribution in [2.24, 2.45) is 5.92 Å². The van der Waals surface area contributed by atoms with Crippen LogP contribution in [0, 0.1) is 11.1 Å². The molecule has 0 aliphatic heterocycles. The molecule has 0 amide bonds. The van der Waals surface area contributed by atoms with E-state index in [0.717, 1.165) is 32.1 Å². The molecule has 0 heterocycles. The van der Waals surface area contributed by atoms with E-state index in [0.29, 0.717) is 6.61 Å². The molecular weight excluding hydrogens is 194 g/mol. The number of hydroxylamine groups is 2. The molecule has 1 saturated carbocycles. The molecule has 15 heavy (non-hydrogen) atoms. The summed E-state index contributed by atoms with van der Waals surface area (Å²) in [5.41, 5.74) is -0.240. The van der Waals surface area contributed by atoms with Crippen LogP contribution in [0.2, 0.25) is 0 Å². The first-order valence-corrected chi connectivity index (χ1v) is 5.92. The van der Waals surface area contributed by atoms with E-state index < -0.39 is 0 Å². The van der Waals surface area contributed by atoms with E-state index in [1.165, 1.54) is 0 Å². The molecule has 90 valence electrons. The molecule has 1 unspecified atom stereocenters. The number of rotatable bonds is 8. The fourth-order valence-corrected chi connectivity index (χ4v) is 1.84. The van der Waals surface area contributed by atoms with Gasteiger partial charge in [0.1, 0.15) is 12.1 Å². The van der Waals surface area contributed by atoms with Gasteiger partial charge in [-0.2, -0.15) is 0 Å². The average Bonchev–Trinajstić information content (AvgIpc) is 2.99. The number of nitrogens with one attached hydrogen (secondary N) is 1. The second-order valence-corrected chi connectivity index (χ2v) is 4.76. The van der Waals surface area contributed by atoms with Crippen molar-refractivity contribution in [2.45, 2.75) is 51.5 Å². The predicted molar refractivity (Wildman–Crippen MR) is 58.0 cm³/mol. The summed E-state index contributed by atoms with van der Waals surface area (Å²) in [6.07, 6.45) is 4.63. The number of unbranched alkanes of at least 4 members (excludes halogenated alkanes) is 1. The van der Waals surface area contributed by atoms with Gasteiger partial charge in [0.2, 0.25) is 0 Å². The lowest BCUT2D eigenvalue weighted by Crippen LogP contribution is -3.12.